The fraction of sp³-hybridized carbons (Fsp3) is 0. The van der Waals surface area contributed by atoms with Crippen LogP contribution in [0.25, 0.3) is 0 Å². The molecular weight excluding hydrogens is 137 g/mol. The molecule has 0 rings (SSSR count). The smallest absolute Gasteiger partial charge is 0.0431 e. The maximum Gasteiger partial charge on any atom is -0.0431 e. The maximum atomic E-state index is 8.33. The van der Waals surface area contributed by atoms with Crippen LogP contribution in [0.1, 0.15) is 0 Å². The topological polar surface area (TPSA) is 173 Å². The van der Waals surface area contributed by atoms with Gasteiger partial charge in [-0.15, -0.1) is 0 Å². The Morgan fingerprint density at radius 2 is 1.00 bits per heavy atom. The van der Waals surface area contributed by atoms with Gasteiger partial charge in [0.15, 0.2) is 0 Å². The van der Waals surface area contributed by atoms with Crippen molar-refractivity contribution in [1.29, 1.82) is 0 Å². The molecule has 0 radical (unpaired) electrons. The molecule has 56 valence electrons. The first kappa shape index (κ1) is 51.8. The number of quaternary nitrogens is 3. The molecule has 0 aliphatic heterocycles. The van der Waals surface area contributed by atoms with Gasteiger partial charge in [-0.25, -0.2) is 0 Å². The summed E-state index contributed by atoms with van der Waals surface area (Å²) in [6, 6.07) is 0. The molecule has 0 amide bonds. The van der Waals surface area contributed by atoms with Crippen LogP contribution in [0.4, 0.5) is 4.79 Å². The van der Waals surface area contributed by atoms with Gasteiger partial charge in [0.05, 0.1) is 0 Å². The Morgan fingerprint density at radius 3 is 1.00 bits per heavy atom. The van der Waals surface area contributed by atoms with E-state index in [9.17, 15) is 0 Å². The highest BCUT2D eigenvalue weighted by atomic mass is 35.5. The van der Waals surface area contributed by atoms with Crippen LogP contribution < -0.4 is 41.1 Å². The first-order valence-electron chi connectivity index (χ1n) is 0.612. The Bertz CT molecular complexity index is 37.5. The fourth-order valence-electron chi connectivity index (χ4n) is 0. The van der Waals surface area contributed by atoms with Gasteiger partial charge in [-0.1, -0.05) is 0 Å². The molecule has 0 saturated carbocycles. The molecule has 0 heterocycles. The van der Waals surface area contributed by atoms with E-state index in [1.165, 1.54) is 0 Å². The van der Waals surface area contributed by atoms with Crippen molar-refractivity contribution in [2.24, 2.45) is 0 Å². The zero-order valence-corrected chi connectivity index (χ0v) is 5.86. The average Bonchev–Trinajstić information content (AvgIpc) is 0.811. The minimum Gasteiger partial charge on any atom is -1.00 e. The molecule has 0 aromatic rings. The van der Waals surface area contributed by atoms with E-state index in [0.717, 1.165) is 0 Å². The van der Waals surface area contributed by atoms with Crippen LogP contribution in [-0.2, 0) is 0 Å². The Kier molecular flexibility index (Phi) is 207. The molecule has 0 fully saturated rings. The van der Waals surface area contributed by atoms with E-state index < -0.39 is 6.16 Å². The molecule has 0 bridgehead atoms. The van der Waals surface area contributed by atoms with Crippen LogP contribution >= 0.6 is 0 Å². The molecule has 0 aromatic carbocycles. The number of carbonyl (C=O) groups excluding carboxylic acids is 1. The van der Waals surface area contributed by atoms with Crippen LogP contribution in [-0.4, -0.2) is 6.16 Å². The molecule has 0 atom stereocenters. The van der Waals surface area contributed by atoms with E-state index in [0.29, 0.717) is 0 Å². The van der Waals surface area contributed by atoms with Gasteiger partial charge in [-0.2, -0.15) is 0 Å². The number of carbonyl (C=O) groups is 1. The van der Waals surface area contributed by atoms with Gasteiger partial charge in [-0.3, -0.25) is 0 Å². The van der Waals surface area contributed by atoms with Crippen LogP contribution in [0.2, 0.25) is 0 Å². The van der Waals surface area contributed by atoms with Crippen molar-refractivity contribution in [3.8, 4) is 0 Å². The summed E-state index contributed by atoms with van der Waals surface area (Å²) < 4.78 is 0. The zero-order valence-electron chi connectivity index (χ0n) is 5.10. The van der Waals surface area contributed by atoms with Crippen LogP contribution in [0, 0.1) is 0 Å². The lowest BCUT2D eigenvalue weighted by Gasteiger charge is -1.96. The number of rotatable bonds is 0. The predicted molar refractivity (Wildman–Crippen MR) is 23.4 cm³/mol. The highest BCUT2D eigenvalue weighted by molar-refractivity contribution is 5.47. The summed E-state index contributed by atoms with van der Waals surface area (Å²) in [7, 11) is 0. The molecular formula is CH12ClN3O3. The van der Waals surface area contributed by atoms with Crippen molar-refractivity contribution in [1.82, 2.24) is 18.5 Å². The largest absolute Gasteiger partial charge is 1.00 e. The van der Waals surface area contributed by atoms with E-state index in [1.54, 1.807) is 0 Å². The van der Waals surface area contributed by atoms with Crippen LogP contribution in [0.15, 0.2) is 0 Å². The van der Waals surface area contributed by atoms with Gasteiger partial charge in [0.1, 0.15) is 0 Å². The van der Waals surface area contributed by atoms with Crippen molar-refractivity contribution < 1.29 is 27.4 Å². The molecule has 0 aliphatic rings. The van der Waals surface area contributed by atoms with E-state index in [-0.39, 0.29) is 30.9 Å². The van der Waals surface area contributed by atoms with Crippen LogP contribution in [0.3, 0.4) is 0 Å². The second-order valence-electron chi connectivity index (χ2n) is 0.250. The minimum atomic E-state index is -2.33. The van der Waals surface area contributed by atoms with E-state index in [1.807, 2.05) is 0 Å². The summed E-state index contributed by atoms with van der Waals surface area (Å²) in [6.45, 7) is 0. The predicted octanol–water partition coefficient (Wildman–Crippen LogP) is -4.31. The fourth-order valence-corrected chi connectivity index (χ4v) is 0. The molecule has 7 heteroatoms. The lowest BCUT2D eigenvalue weighted by Crippen LogP contribution is -3.00. The number of halogens is 1. The third-order valence-corrected chi connectivity index (χ3v) is 0. The summed E-state index contributed by atoms with van der Waals surface area (Å²) in [4.78, 5) is 8.33. The lowest BCUT2D eigenvalue weighted by atomic mass is 11.5. The van der Waals surface area contributed by atoms with Gasteiger partial charge >= 0.3 is 0 Å². The first-order chi connectivity index (χ1) is 1.73. The van der Waals surface area contributed by atoms with Gasteiger partial charge in [0.25, 0.3) is 0 Å². The molecule has 0 spiro atoms. The molecule has 0 aliphatic carbocycles. The Hall–Kier alpha value is -0.560. The van der Waals surface area contributed by atoms with Crippen molar-refractivity contribution in [3.63, 3.8) is 0 Å². The maximum absolute atomic E-state index is 8.33. The average molecular weight is 150 g/mol. The van der Waals surface area contributed by atoms with Crippen molar-refractivity contribution in [2.45, 2.75) is 0 Å². The first-order valence-corrected chi connectivity index (χ1v) is 0.612. The second-order valence-corrected chi connectivity index (χ2v) is 0.250. The SMILES string of the molecule is O=C([O-])[O-].[Cl-].[NH4+].[NH4+].[NH4+]. The Labute approximate surface area is 53.0 Å². The monoisotopic (exact) mass is 149 g/mol. The summed E-state index contributed by atoms with van der Waals surface area (Å²) in [5.41, 5.74) is 0. The van der Waals surface area contributed by atoms with Gasteiger partial charge in [0, 0.05) is 0 Å². The van der Waals surface area contributed by atoms with Gasteiger partial charge < -0.3 is 45.9 Å². The van der Waals surface area contributed by atoms with E-state index >= 15 is 0 Å². The molecule has 8 heavy (non-hydrogen) atoms. The lowest BCUT2D eigenvalue weighted by molar-refractivity contribution is -0.415. The molecule has 0 saturated heterocycles. The summed E-state index contributed by atoms with van der Waals surface area (Å²) in [6.07, 6.45) is -2.33. The summed E-state index contributed by atoms with van der Waals surface area (Å²) >= 11 is 0. The van der Waals surface area contributed by atoms with E-state index in [4.69, 9.17) is 15.0 Å². The minimum absolute atomic E-state index is 0. The number of hydrogen-bond donors (Lipinski definition) is 3. The van der Waals surface area contributed by atoms with Crippen molar-refractivity contribution in [3.05, 3.63) is 0 Å². The molecule has 6 nitrogen and oxygen atoms in total. The van der Waals surface area contributed by atoms with Gasteiger partial charge in [-0.05, 0) is 6.16 Å². The number of carboxylic acid groups (broad SMARTS) is 2. The molecule has 0 aromatic heterocycles. The highest BCUT2D eigenvalue weighted by Crippen LogP contribution is 1.21. The second kappa shape index (κ2) is 32.0. The third-order valence-electron chi connectivity index (χ3n) is 0. The Balaban J connectivity index is -0.00000000750. The quantitative estimate of drug-likeness (QED) is 0.317. The van der Waals surface area contributed by atoms with E-state index in [2.05, 4.69) is 0 Å². The highest BCUT2D eigenvalue weighted by Gasteiger charge is 1.26. The van der Waals surface area contributed by atoms with Crippen LogP contribution in [0.5, 0.6) is 0 Å². The van der Waals surface area contributed by atoms with Crippen molar-refractivity contribution >= 4 is 6.16 Å². The number of hydrogen-bond acceptors (Lipinski definition) is 3. The zero-order chi connectivity index (χ0) is 3.58. The van der Waals surface area contributed by atoms with Crippen molar-refractivity contribution in [2.75, 3.05) is 0 Å². The summed E-state index contributed by atoms with van der Waals surface area (Å²) in [5.74, 6) is 0. The third kappa shape index (κ3) is 342. The summed E-state index contributed by atoms with van der Waals surface area (Å²) in [5, 5.41) is 16.7. The molecule has 12 N–H and O–H groups in total. The van der Waals surface area contributed by atoms with Gasteiger partial charge in [0.2, 0.25) is 0 Å². The molecule has 0 unspecified atom stereocenters. The normalized spacial score (nSPS) is 3.00. The standard InChI is InChI=1S/CH2O3.ClH.3H3N/c2-1(3)4;;;;/h(H2,2,3,4);1H;3*1H3. The Morgan fingerprint density at radius 1 is 1.00 bits per heavy atom.